The van der Waals surface area contributed by atoms with Crippen LogP contribution in [0.1, 0.15) is 29.2 Å². The minimum absolute atomic E-state index is 0.0298. The van der Waals surface area contributed by atoms with Crippen LogP contribution in [-0.2, 0) is 11.3 Å². The summed E-state index contributed by atoms with van der Waals surface area (Å²) < 4.78 is 5.68. The van der Waals surface area contributed by atoms with Crippen molar-refractivity contribution in [1.82, 2.24) is 24.8 Å². The Kier molecular flexibility index (Phi) is 4.88. The molecule has 8 heteroatoms. The summed E-state index contributed by atoms with van der Waals surface area (Å²) in [6.45, 7) is 1.27. The number of nitrogens with one attached hydrogen (secondary N) is 1. The minimum Gasteiger partial charge on any atom is -0.376 e. The average molecular weight is 365 g/mol. The van der Waals surface area contributed by atoms with Crippen LogP contribution in [0.4, 0.5) is 0 Å². The fourth-order valence-corrected chi connectivity index (χ4v) is 3.22. The third kappa shape index (κ3) is 3.85. The van der Waals surface area contributed by atoms with Crippen LogP contribution in [0.25, 0.3) is 10.9 Å². The lowest BCUT2D eigenvalue weighted by molar-refractivity contribution is 0.0496. The second kappa shape index (κ2) is 7.63. The molecule has 3 aromatic rings. The van der Waals surface area contributed by atoms with Gasteiger partial charge in [-0.05, 0) is 25.0 Å². The monoisotopic (exact) mass is 365 g/mol. The zero-order valence-electron chi connectivity index (χ0n) is 14.7. The third-order valence-corrected chi connectivity index (χ3v) is 4.52. The third-order valence-electron chi connectivity index (χ3n) is 4.52. The van der Waals surface area contributed by atoms with Gasteiger partial charge in [-0.1, -0.05) is 12.1 Å². The van der Waals surface area contributed by atoms with Gasteiger partial charge in [-0.2, -0.15) is 0 Å². The van der Waals surface area contributed by atoms with Crippen molar-refractivity contribution in [3.63, 3.8) is 0 Å². The number of carbonyl (C=O) groups excluding carboxylic acids is 1. The number of hydrogen-bond donors (Lipinski definition) is 1. The van der Waals surface area contributed by atoms with Gasteiger partial charge in [0.15, 0.2) is 0 Å². The Bertz CT molecular complexity index is 999. The molecule has 2 aromatic heterocycles. The lowest BCUT2D eigenvalue weighted by Crippen LogP contribution is -2.38. The largest absolute Gasteiger partial charge is 0.376 e. The highest BCUT2D eigenvalue weighted by Gasteiger charge is 2.25. The van der Waals surface area contributed by atoms with E-state index >= 15 is 0 Å². The van der Waals surface area contributed by atoms with Crippen molar-refractivity contribution in [3.8, 4) is 0 Å². The molecule has 3 heterocycles. The molecule has 0 unspecified atom stereocenters. The quantitative estimate of drug-likeness (QED) is 0.736. The number of benzene rings is 1. The molecule has 1 N–H and O–H groups in total. The number of hydrogen-bond acceptors (Lipinski definition) is 6. The molecule has 4 rings (SSSR count). The van der Waals surface area contributed by atoms with E-state index in [0.717, 1.165) is 12.8 Å². The number of ether oxygens (including phenoxy) is 1. The molecule has 1 atom stereocenters. The number of aromatic amines is 1. The first kappa shape index (κ1) is 17.3. The topological polar surface area (TPSA) is 101 Å². The molecule has 1 saturated heterocycles. The van der Waals surface area contributed by atoms with E-state index in [2.05, 4.69) is 19.9 Å². The normalized spacial score (nSPS) is 16.5. The van der Waals surface area contributed by atoms with Crippen LogP contribution in [0.15, 0.2) is 47.7 Å². The van der Waals surface area contributed by atoms with E-state index < -0.39 is 0 Å². The van der Waals surface area contributed by atoms with Crippen molar-refractivity contribution in [3.05, 3.63) is 64.7 Å². The first-order chi connectivity index (χ1) is 13.2. The molecule has 1 aromatic carbocycles. The molecule has 0 bridgehead atoms. The summed E-state index contributed by atoms with van der Waals surface area (Å²) in [4.78, 5) is 42.2. The van der Waals surface area contributed by atoms with Crippen molar-refractivity contribution in [2.75, 3.05) is 13.2 Å². The van der Waals surface area contributed by atoms with Gasteiger partial charge >= 0.3 is 0 Å². The van der Waals surface area contributed by atoms with Gasteiger partial charge in [-0.15, -0.1) is 0 Å². The van der Waals surface area contributed by atoms with Gasteiger partial charge < -0.3 is 14.6 Å². The van der Waals surface area contributed by atoms with Gasteiger partial charge in [0.2, 0.25) is 0 Å². The number of rotatable bonds is 5. The summed E-state index contributed by atoms with van der Waals surface area (Å²) in [6.07, 6.45) is 6.27. The second-order valence-corrected chi connectivity index (χ2v) is 6.44. The number of H-pyrrole nitrogens is 1. The molecule has 1 aliphatic heterocycles. The zero-order valence-corrected chi connectivity index (χ0v) is 14.7. The Hall–Kier alpha value is -3.13. The maximum absolute atomic E-state index is 12.9. The van der Waals surface area contributed by atoms with Gasteiger partial charge in [0.1, 0.15) is 11.5 Å². The summed E-state index contributed by atoms with van der Waals surface area (Å²) in [7, 11) is 0. The first-order valence-electron chi connectivity index (χ1n) is 8.85. The maximum Gasteiger partial charge on any atom is 0.274 e. The van der Waals surface area contributed by atoms with E-state index in [4.69, 9.17) is 4.74 Å². The Morgan fingerprint density at radius 2 is 2.19 bits per heavy atom. The molecule has 138 valence electrons. The van der Waals surface area contributed by atoms with Crippen LogP contribution in [0.2, 0.25) is 0 Å². The Morgan fingerprint density at radius 1 is 1.30 bits per heavy atom. The van der Waals surface area contributed by atoms with E-state index in [1.165, 1.54) is 18.6 Å². The van der Waals surface area contributed by atoms with Gasteiger partial charge in [0.25, 0.3) is 11.5 Å². The van der Waals surface area contributed by atoms with Crippen molar-refractivity contribution >= 4 is 16.8 Å². The zero-order chi connectivity index (χ0) is 18.6. The van der Waals surface area contributed by atoms with Gasteiger partial charge in [0.05, 0.1) is 29.7 Å². The molecule has 27 heavy (non-hydrogen) atoms. The van der Waals surface area contributed by atoms with Crippen molar-refractivity contribution in [2.45, 2.75) is 25.5 Å². The molecule has 0 aliphatic carbocycles. The van der Waals surface area contributed by atoms with Crippen LogP contribution >= 0.6 is 0 Å². The number of carbonyl (C=O) groups is 1. The van der Waals surface area contributed by atoms with Crippen LogP contribution in [0, 0.1) is 0 Å². The SMILES string of the molecule is O=C(c1cnccn1)N(Cc1nc2ccccc2c(=O)[nH]1)C[C@@H]1CCCO1. The fraction of sp³-hybridized carbons (Fsp3) is 0.316. The highest BCUT2D eigenvalue weighted by atomic mass is 16.5. The van der Waals surface area contributed by atoms with Crippen molar-refractivity contribution < 1.29 is 9.53 Å². The van der Waals surface area contributed by atoms with Crippen LogP contribution < -0.4 is 5.56 Å². The molecule has 8 nitrogen and oxygen atoms in total. The standard InChI is InChI=1S/C19H19N5O3/c25-18-14-5-1-2-6-15(14)22-17(23-18)12-24(11-13-4-3-9-27-13)19(26)16-10-20-7-8-21-16/h1-2,5-8,10,13H,3-4,9,11-12H2,(H,22,23,25)/t13-/m0/s1. The lowest BCUT2D eigenvalue weighted by Gasteiger charge is -2.24. The predicted octanol–water partition coefficient (Wildman–Crippen LogP) is 1.53. The smallest absolute Gasteiger partial charge is 0.274 e. The molecule has 1 fully saturated rings. The molecular weight excluding hydrogens is 346 g/mol. The van der Waals surface area contributed by atoms with E-state index in [-0.39, 0.29) is 29.8 Å². The number of aromatic nitrogens is 4. The highest BCUT2D eigenvalue weighted by Crippen LogP contribution is 2.16. The molecular formula is C19H19N5O3. The summed E-state index contributed by atoms with van der Waals surface area (Å²) >= 11 is 0. The number of amides is 1. The minimum atomic E-state index is -0.269. The molecule has 1 aliphatic rings. The maximum atomic E-state index is 12.9. The summed E-state index contributed by atoms with van der Waals surface area (Å²) in [5.74, 6) is 0.156. The van der Waals surface area contributed by atoms with Gasteiger partial charge in [-0.3, -0.25) is 14.6 Å². The molecule has 0 spiro atoms. The lowest BCUT2D eigenvalue weighted by atomic mass is 10.2. The van der Waals surface area contributed by atoms with E-state index in [1.807, 2.05) is 6.07 Å². The fourth-order valence-electron chi connectivity index (χ4n) is 3.22. The second-order valence-electron chi connectivity index (χ2n) is 6.44. The van der Waals surface area contributed by atoms with Crippen LogP contribution in [0.3, 0.4) is 0 Å². The summed E-state index contributed by atoms with van der Waals surface area (Å²) in [5, 5.41) is 0.521. The average Bonchev–Trinajstić information content (AvgIpc) is 3.21. The number of para-hydroxylation sites is 1. The Labute approximate surface area is 155 Å². The van der Waals surface area contributed by atoms with E-state index in [1.54, 1.807) is 23.1 Å². The predicted molar refractivity (Wildman–Crippen MR) is 98.1 cm³/mol. The Balaban J connectivity index is 1.64. The van der Waals surface area contributed by atoms with Crippen molar-refractivity contribution in [2.24, 2.45) is 0 Å². The number of fused-ring (bicyclic) bond motifs is 1. The highest BCUT2D eigenvalue weighted by molar-refractivity contribution is 5.92. The molecule has 0 radical (unpaired) electrons. The number of nitrogens with zero attached hydrogens (tertiary/aromatic N) is 4. The summed E-state index contributed by atoms with van der Waals surface area (Å²) in [5.41, 5.74) is 0.624. The van der Waals surface area contributed by atoms with E-state index in [0.29, 0.717) is 29.9 Å². The van der Waals surface area contributed by atoms with Crippen LogP contribution in [-0.4, -0.2) is 50.0 Å². The summed E-state index contributed by atoms with van der Waals surface area (Å²) in [6, 6.07) is 7.12. The van der Waals surface area contributed by atoms with Gasteiger partial charge in [0, 0.05) is 25.5 Å². The Morgan fingerprint density at radius 3 is 2.96 bits per heavy atom. The van der Waals surface area contributed by atoms with Gasteiger partial charge in [-0.25, -0.2) is 9.97 Å². The first-order valence-corrected chi connectivity index (χ1v) is 8.85. The van der Waals surface area contributed by atoms with E-state index in [9.17, 15) is 9.59 Å². The van der Waals surface area contributed by atoms with Crippen molar-refractivity contribution in [1.29, 1.82) is 0 Å². The molecule has 1 amide bonds. The molecule has 0 saturated carbocycles. The van der Waals surface area contributed by atoms with Crippen LogP contribution in [0.5, 0.6) is 0 Å².